The smallest absolute Gasteiger partial charge is 0.410 e. The number of ether oxygens (including phenoxy) is 2. The Morgan fingerprint density at radius 2 is 2.16 bits per heavy atom. The number of hydrogen-bond donors (Lipinski definition) is 1. The van der Waals surface area contributed by atoms with Crippen molar-refractivity contribution in [1.29, 1.82) is 0 Å². The van der Waals surface area contributed by atoms with Crippen LogP contribution in [0.2, 0.25) is 0 Å². The molecule has 0 radical (unpaired) electrons. The molecule has 1 aromatic carbocycles. The Balaban J connectivity index is 1.97. The molecular weight excluding hydrogens is 384 g/mol. The van der Waals surface area contributed by atoms with E-state index in [9.17, 15) is 4.79 Å². The number of rotatable bonds is 5. The number of carbonyl (C=O) groups excluding carboxylic acids is 1. The van der Waals surface area contributed by atoms with Crippen LogP contribution in [0.5, 0.6) is 5.75 Å². The van der Waals surface area contributed by atoms with Gasteiger partial charge in [0.25, 0.3) is 0 Å². The summed E-state index contributed by atoms with van der Waals surface area (Å²) in [4.78, 5) is 14.1. The van der Waals surface area contributed by atoms with Crippen molar-refractivity contribution in [1.82, 2.24) is 10.2 Å². The molecule has 1 aliphatic rings. The number of hydrogen-bond acceptors (Lipinski definition) is 4. The van der Waals surface area contributed by atoms with Gasteiger partial charge in [-0.25, -0.2) is 4.79 Å². The van der Waals surface area contributed by atoms with Crippen molar-refractivity contribution in [3.05, 3.63) is 28.2 Å². The van der Waals surface area contributed by atoms with Crippen LogP contribution >= 0.6 is 15.9 Å². The first-order chi connectivity index (χ1) is 11.7. The Bertz CT molecular complexity index is 601. The molecular formula is C19H29BrN2O3. The predicted molar refractivity (Wildman–Crippen MR) is 103 cm³/mol. The summed E-state index contributed by atoms with van der Waals surface area (Å²) in [6.45, 7) is 7.19. The van der Waals surface area contributed by atoms with E-state index in [1.165, 1.54) is 5.56 Å². The van der Waals surface area contributed by atoms with E-state index in [0.717, 1.165) is 36.2 Å². The lowest BCUT2D eigenvalue weighted by atomic mass is 9.93. The number of likely N-dealkylation sites (tertiary alicyclic amines) is 1. The highest BCUT2D eigenvalue weighted by molar-refractivity contribution is 9.10. The predicted octanol–water partition coefficient (Wildman–Crippen LogP) is 3.85. The highest BCUT2D eigenvalue weighted by atomic mass is 79.9. The van der Waals surface area contributed by atoms with Gasteiger partial charge in [0.15, 0.2) is 0 Å². The van der Waals surface area contributed by atoms with Gasteiger partial charge < -0.3 is 19.7 Å². The molecule has 0 spiro atoms. The Hall–Kier alpha value is -1.27. The first-order valence-corrected chi connectivity index (χ1v) is 9.50. The lowest BCUT2D eigenvalue weighted by Crippen LogP contribution is -2.39. The minimum absolute atomic E-state index is 0.211. The first kappa shape index (κ1) is 20.0. The molecule has 0 saturated carbocycles. The Labute approximate surface area is 159 Å². The zero-order valence-corrected chi connectivity index (χ0v) is 17.4. The summed E-state index contributed by atoms with van der Waals surface area (Å²) in [5.74, 6) is 1.25. The maximum atomic E-state index is 12.3. The van der Waals surface area contributed by atoms with Gasteiger partial charge in [-0.15, -0.1) is 0 Å². The molecule has 1 saturated heterocycles. The second-order valence-corrected chi connectivity index (χ2v) is 8.40. The number of carbonyl (C=O) groups is 1. The van der Waals surface area contributed by atoms with Crippen LogP contribution in [0.15, 0.2) is 22.7 Å². The number of methoxy groups -OCH3 is 1. The van der Waals surface area contributed by atoms with Crippen molar-refractivity contribution in [3.63, 3.8) is 0 Å². The van der Waals surface area contributed by atoms with E-state index < -0.39 is 5.60 Å². The second-order valence-electron chi connectivity index (χ2n) is 7.54. The number of nitrogens with zero attached hydrogens (tertiary/aromatic N) is 1. The average Bonchev–Trinajstić information content (AvgIpc) is 3.01. The topological polar surface area (TPSA) is 50.8 Å². The minimum atomic E-state index is -0.451. The number of nitrogens with one attached hydrogen (secondary N) is 1. The van der Waals surface area contributed by atoms with Crippen molar-refractivity contribution in [2.75, 3.05) is 27.2 Å². The third-order valence-corrected chi connectivity index (χ3v) is 5.11. The fourth-order valence-electron chi connectivity index (χ4n) is 3.20. The van der Waals surface area contributed by atoms with Crippen LogP contribution in [0.1, 0.15) is 32.8 Å². The van der Waals surface area contributed by atoms with Crippen LogP contribution < -0.4 is 10.1 Å². The van der Waals surface area contributed by atoms with Gasteiger partial charge in [-0.1, -0.05) is 6.07 Å². The Morgan fingerprint density at radius 1 is 1.44 bits per heavy atom. The van der Waals surface area contributed by atoms with Crippen molar-refractivity contribution in [3.8, 4) is 5.75 Å². The maximum absolute atomic E-state index is 12.3. The molecule has 5 nitrogen and oxygen atoms in total. The molecule has 1 heterocycles. The second kappa shape index (κ2) is 8.41. The Morgan fingerprint density at radius 3 is 2.72 bits per heavy atom. The first-order valence-electron chi connectivity index (χ1n) is 8.71. The lowest BCUT2D eigenvalue weighted by Gasteiger charge is -2.26. The minimum Gasteiger partial charge on any atom is -0.496 e. The van der Waals surface area contributed by atoms with Crippen LogP contribution in [0, 0.1) is 5.92 Å². The van der Waals surface area contributed by atoms with E-state index in [0.29, 0.717) is 12.0 Å². The number of halogens is 1. The summed E-state index contributed by atoms with van der Waals surface area (Å²) in [5.41, 5.74) is 0.787. The third kappa shape index (κ3) is 5.61. The van der Waals surface area contributed by atoms with Crippen LogP contribution in [0.4, 0.5) is 4.79 Å². The fraction of sp³-hybridized carbons (Fsp3) is 0.632. The van der Waals surface area contributed by atoms with Gasteiger partial charge in [0.1, 0.15) is 11.4 Å². The van der Waals surface area contributed by atoms with E-state index in [1.807, 2.05) is 38.8 Å². The van der Waals surface area contributed by atoms with Crippen molar-refractivity contribution in [2.24, 2.45) is 5.92 Å². The molecule has 140 valence electrons. The SMILES string of the molecule is CNC(Cc1ccc(OC)c(Br)c1)C1CCN(C(=O)OC(C)(C)C)C1. The van der Waals surface area contributed by atoms with Gasteiger partial charge in [-0.05, 0) is 80.2 Å². The summed E-state index contributed by atoms with van der Waals surface area (Å²) >= 11 is 3.54. The largest absolute Gasteiger partial charge is 0.496 e. The highest BCUT2D eigenvalue weighted by Gasteiger charge is 2.33. The van der Waals surface area contributed by atoms with E-state index in [4.69, 9.17) is 9.47 Å². The normalized spacial score (nSPS) is 19.0. The van der Waals surface area contributed by atoms with Crippen LogP contribution in [0.25, 0.3) is 0 Å². The standard InChI is InChI=1S/C19H29BrN2O3/c1-19(2,3)25-18(23)22-9-8-14(12-22)16(21-4)11-13-6-7-17(24-5)15(20)10-13/h6-7,10,14,16,21H,8-9,11-12H2,1-5H3. The molecule has 2 atom stereocenters. The zero-order valence-electron chi connectivity index (χ0n) is 15.8. The van der Waals surface area contributed by atoms with Crippen LogP contribution in [0.3, 0.4) is 0 Å². The number of amides is 1. The van der Waals surface area contributed by atoms with E-state index in [2.05, 4.69) is 33.4 Å². The van der Waals surface area contributed by atoms with Gasteiger partial charge in [0.2, 0.25) is 0 Å². The monoisotopic (exact) mass is 412 g/mol. The molecule has 1 amide bonds. The summed E-state index contributed by atoms with van der Waals surface area (Å²) in [6.07, 6.45) is 1.69. The molecule has 0 bridgehead atoms. The zero-order chi connectivity index (χ0) is 18.6. The molecule has 0 aliphatic carbocycles. The summed E-state index contributed by atoms with van der Waals surface area (Å²) < 4.78 is 11.7. The van der Waals surface area contributed by atoms with Crippen molar-refractivity contribution < 1.29 is 14.3 Å². The molecule has 1 aromatic rings. The molecule has 1 fully saturated rings. The summed E-state index contributed by atoms with van der Waals surface area (Å²) in [7, 11) is 3.65. The molecule has 1 N–H and O–H groups in total. The molecule has 2 unspecified atom stereocenters. The third-order valence-electron chi connectivity index (χ3n) is 4.49. The van der Waals surface area contributed by atoms with Gasteiger partial charge >= 0.3 is 6.09 Å². The average molecular weight is 413 g/mol. The van der Waals surface area contributed by atoms with Gasteiger partial charge in [-0.3, -0.25) is 0 Å². The van der Waals surface area contributed by atoms with E-state index >= 15 is 0 Å². The van der Waals surface area contributed by atoms with E-state index in [1.54, 1.807) is 7.11 Å². The van der Waals surface area contributed by atoms with Crippen LogP contribution in [-0.2, 0) is 11.2 Å². The van der Waals surface area contributed by atoms with Crippen molar-refractivity contribution in [2.45, 2.75) is 45.3 Å². The fourth-order valence-corrected chi connectivity index (χ4v) is 3.79. The molecule has 25 heavy (non-hydrogen) atoms. The lowest BCUT2D eigenvalue weighted by molar-refractivity contribution is 0.0285. The number of likely N-dealkylation sites (N-methyl/N-ethyl adjacent to an activating group) is 1. The molecule has 2 rings (SSSR count). The quantitative estimate of drug-likeness (QED) is 0.797. The summed E-state index contributed by atoms with van der Waals surface area (Å²) in [6, 6.07) is 6.49. The van der Waals surface area contributed by atoms with Crippen molar-refractivity contribution >= 4 is 22.0 Å². The highest BCUT2D eigenvalue weighted by Crippen LogP contribution is 2.28. The maximum Gasteiger partial charge on any atom is 0.410 e. The molecule has 1 aliphatic heterocycles. The summed E-state index contributed by atoms with van der Waals surface area (Å²) in [5, 5.41) is 3.42. The van der Waals surface area contributed by atoms with Gasteiger partial charge in [0.05, 0.1) is 11.6 Å². The van der Waals surface area contributed by atoms with Gasteiger partial charge in [0, 0.05) is 19.1 Å². The van der Waals surface area contributed by atoms with Gasteiger partial charge in [-0.2, -0.15) is 0 Å². The van der Waals surface area contributed by atoms with Crippen LogP contribution in [-0.4, -0.2) is 49.9 Å². The van der Waals surface area contributed by atoms with E-state index in [-0.39, 0.29) is 6.09 Å². The Kier molecular flexibility index (Phi) is 6.74. The molecule has 6 heteroatoms. The number of benzene rings is 1. The molecule has 0 aromatic heterocycles.